The predicted molar refractivity (Wildman–Crippen MR) is 102 cm³/mol. The Labute approximate surface area is 135 Å². The van der Waals surface area contributed by atoms with E-state index in [9.17, 15) is 0 Å². The van der Waals surface area contributed by atoms with Crippen LogP contribution in [0.1, 0.15) is 38.8 Å². The van der Waals surface area contributed by atoms with Gasteiger partial charge in [0.1, 0.15) is 0 Å². The molecular weight excluding hydrogens is 264 g/mol. The van der Waals surface area contributed by atoms with E-state index in [-0.39, 0.29) is 0 Å². The second-order valence-electron chi connectivity index (χ2n) is 4.77. The lowest BCUT2D eigenvalue weighted by Crippen LogP contribution is -1.88. The maximum atomic E-state index is 2.21. The van der Waals surface area contributed by atoms with Crippen LogP contribution >= 0.6 is 0 Å². The van der Waals surface area contributed by atoms with Gasteiger partial charge in [-0.05, 0) is 46.9 Å². The van der Waals surface area contributed by atoms with Crippen LogP contribution in [0.3, 0.4) is 0 Å². The summed E-state index contributed by atoms with van der Waals surface area (Å²) in [4.78, 5) is 0. The zero-order chi connectivity index (χ0) is 16.5. The van der Waals surface area contributed by atoms with E-state index in [2.05, 4.69) is 74.5 Å². The zero-order valence-electron chi connectivity index (χ0n) is 14.8. The molecule has 3 rings (SSSR count). The maximum Gasteiger partial charge on any atom is -0.0103 e. The van der Waals surface area contributed by atoms with Gasteiger partial charge >= 0.3 is 0 Å². The lowest BCUT2D eigenvalue weighted by atomic mass is 9.93. The van der Waals surface area contributed by atoms with Crippen molar-refractivity contribution < 1.29 is 0 Å². The fourth-order valence-electron chi connectivity index (χ4n) is 2.50. The van der Waals surface area contributed by atoms with Crippen LogP contribution in [0.5, 0.6) is 0 Å². The number of benzene rings is 3. The van der Waals surface area contributed by atoms with E-state index in [4.69, 9.17) is 0 Å². The third kappa shape index (κ3) is 3.76. The topological polar surface area (TPSA) is 0 Å². The first-order chi connectivity index (χ1) is 10.8. The van der Waals surface area contributed by atoms with Crippen LogP contribution in [-0.4, -0.2) is 0 Å². The average molecular weight is 292 g/mol. The van der Waals surface area contributed by atoms with E-state index >= 15 is 0 Å². The largest absolute Gasteiger partial charge is 0.0683 e. The van der Waals surface area contributed by atoms with Crippen molar-refractivity contribution in [1.29, 1.82) is 0 Å². The summed E-state index contributed by atoms with van der Waals surface area (Å²) in [5.41, 5.74) is 5.38. The van der Waals surface area contributed by atoms with Crippen LogP contribution in [0, 0.1) is 13.8 Å². The van der Waals surface area contributed by atoms with Gasteiger partial charge < -0.3 is 0 Å². The average Bonchev–Trinajstić information content (AvgIpc) is 2.60. The van der Waals surface area contributed by atoms with Crippen molar-refractivity contribution in [2.24, 2.45) is 0 Å². The van der Waals surface area contributed by atoms with Crippen LogP contribution in [0.15, 0.2) is 60.7 Å². The second kappa shape index (κ2) is 9.04. The monoisotopic (exact) mass is 292 g/mol. The quantitative estimate of drug-likeness (QED) is 0.445. The Hall–Kier alpha value is -2.08. The third-order valence-corrected chi connectivity index (χ3v) is 3.68. The number of hydrogen-bond acceptors (Lipinski definition) is 0. The molecule has 0 saturated carbocycles. The van der Waals surface area contributed by atoms with Crippen molar-refractivity contribution in [1.82, 2.24) is 0 Å². The van der Waals surface area contributed by atoms with Gasteiger partial charge in [-0.2, -0.15) is 0 Å². The summed E-state index contributed by atoms with van der Waals surface area (Å²) in [6, 6.07) is 21.6. The van der Waals surface area contributed by atoms with E-state index in [0.29, 0.717) is 0 Å². The molecule has 22 heavy (non-hydrogen) atoms. The van der Waals surface area contributed by atoms with E-state index in [1.807, 2.05) is 27.7 Å². The van der Waals surface area contributed by atoms with E-state index < -0.39 is 0 Å². The summed E-state index contributed by atoms with van der Waals surface area (Å²) in [7, 11) is 0. The third-order valence-electron chi connectivity index (χ3n) is 3.68. The van der Waals surface area contributed by atoms with Gasteiger partial charge in [-0.3, -0.25) is 0 Å². The summed E-state index contributed by atoms with van der Waals surface area (Å²) in [5.74, 6) is 0. The summed E-state index contributed by atoms with van der Waals surface area (Å²) >= 11 is 0. The molecule has 0 aliphatic rings. The molecule has 0 amide bonds. The van der Waals surface area contributed by atoms with Gasteiger partial charge in [-0.1, -0.05) is 88.4 Å². The minimum atomic E-state index is 1.30. The Morgan fingerprint density at radius 2 is 1.09 bits per heavy atom. The number of hydrogen-bond donors (Lipinski definition) is 0. The summed E-state index contributed by atoms with van der Waals surface area (Å²) in [5, 5.41) is 2.63. The molecule has 0 fully saturated rings. The molecule has 0 heteroatoms. The van der Waals surface area contributed by atoms with Crippen LogP contribution in [0.4, 0.5) is 0 Å². The first kappa shape index (κ1) is 18.0. The molecule has 0 nitrogen and oxygen atoms in total. The van der Waals surface area contributed by atoms with Crippen molar-refractivity contribution in [3.63, 3.8) is 0 Å². The van der Waals surface area contributed by atoms with Crippen molar-refractivity contribution in [3.05, 3.63) is 71.8 Å². The molecular formula is C22H28. The van der Waals surface area contributed by atoms with E-state index in [1.54, 1.807) is 0 Å². The normalized spacial score (nSPS) is 9.36. The Morgan fingerprint density at radius 3 is 1.82 bits per heavy atom. The van der Waals surface area contributed by atoms with Crippen molar-refractivity contribution >= 4 is 10.8 Å². The lowest BCUT2D eigenvalue weighted by molar-refractivity contribution is 1.34. The molecule has 0 N–H and O–H groups in total. The summed E-state index contributed by atoms with van der Waals surface area (Å²) in [6.07, 6.45) is 0. The Morgan fingerprint density at radius 1 is 0.545 bits per heavy atom. The number of aryl methyl sites for hydroxylation is 1. The predicted octanol–water partition coefficient (Wildman–Crippen LogP) is 7.18. The van der Waals surface area contributed by atoms with Crippen molar-refractivity contribution in [2.45, 2.75) is 41.5 Å². The molecule has 0 atom stereocenters. The van der Waals surface area contributed by atoms with E-state index in [0.717, 1.165) is 0 Å². The van der Waals surface area contributed by atoms with Gasteiger partial charge in [0.05, 0.1) is 0 Å². The fourth-order valence-corrected chi connectivity index (χ4v) is 2.50. The summed E-state index contributed by atoms with van der Waals surface area (Å²) in [6.45, 7) is 12.4. The van der Waals surface area contributed by atoms with Crippen LogP contribution in [0.25, 0.3) is 21.9 Å². The first-order valence-electron chi connectivity index (χ1n) is 8.32. The van der Waals surface area contributed by atoms with Crippen molar-refractivity contribution in [3.8, 4) is 11.1 Å². The molecule has 0 heterocycles. The molecule has 0 unspecified atom stereocenters. The first-order valence-corrected chi connectivity index (χ1v) is 8.32. The molecule has 0 radical (unpaired) electrons. The highest BCUT2D eigenvalue weighted by Gasteiger charge is 2.06. The highest BCUT2D eigenvalue weighted by molar-refractivity contribution is 5.97. The standard InChI is InChI=1S/C18H16.2C2H6/c1-13-7-5-11-16(14(13)2)18-12-6-9-15-8-3-4-10-17(15)18;2*1-2/h3-12H,1-2H3;2*1-2H3. The molecule has 116 valence electrons. The fraction of sp³-hybridized carbons (Fsp3) is 0.273. The highest BCUT2D eigenvalue weighted by Crippen LogP contribution is 2.31. The molecule has 0 aliphatic carbocycles. The minimum absolute atomic E-state index is 1.30. The smallest absolute Gasteiger partial charge is 0.0103 e. The number of fused-ring (bicyclic) bond motifs is 1. The van der Waals surface area contributed by atoms with Crippen LogP contribution in [0.2, 0.25) is 0 Å². The van der Waals surface area contributed by atoms with E-state index in [1.165, 1.54) is 33.0 Å². The lowest BCUT2D eigenvalue weighted by Gasteiger charge is -2.11. The van der Waals surface area contributed by atoms with Gasteiger partial charge in [0.25, 0.3) is 0 Å². The molecule has 0 aliphatic heterocycles. The summed E-state index contributed by atoms with van der Waals surface area (Å²) < 4.78 is 0. The minimum Gasteiger partial charge on any atom is -0.0683 e. The maximum absolute atomic E-state index is 2.21. The Balaban J connectivity index is 0.000000561. The van der Waals surface area contributed by atoms with Gasteiger partial charge in [0.15, 0.2) is 0 Å². The van der Waals surface area contributed by atoms with Crippen LogP contribution < -0.4 is 0 Å². The molecule has 0 aromatic heterocycles. The number of rotatable bonds is 1. The SMILES string of the molecule is CC.CC.Cc1cccc(-c2cccc3ccccc23)c1C. The van der Waals surface area contributed by atoms with Crippen LogP contribution in [-0.2, 0) is 0 Å². The van der Waals surface area contributed by atoms with Gasteiger partial charge in [0, 0.05) is 0 Å². The molecule has 3 aromatic rings. The molecule has 0 bridgehead atoms. The van der Waals surface area contributed by atoms with Gasteiger partial charge in [-0.25, -0.2) is 0 Å². The van der Waals surface area contributed by atoms with Gasteiger partial charge in [-0.15, -0.1) is 0 Å². The molecule has 0 saturated heterocycles. The van der Waals surface area contributed by atoms with Gasteiger partial charge in [0.2, 0.25) is 0 Å². The molecule has 0 spiro atoms. The second-order valence-corrected chi connectivity index (χ2v) is 4.77. The Kier molecular flexibility index (Phi) is 7.39. The van der Waals surface area contributed by atoms with Crippen molar-refractivity contribution in [2.75, 3.05) is 0 Å². The zero-order valence-corrected chi connectivity index (χ0v) is 14.8. The molecule has 3 aromatic carbocycles. The highest BCUT2D eigenvalue weighted by atomic mass is 14.1. The Bertz CT molecular complexity index is 703.